The van der Waals surface area contributed by atoms with Gasteiger partial charge < -0.3 is 10.1 Å². The Morgan fingerprint density at radius 3 is 2.62 bits per heavy atom. The molecule has 5 rings (SSSR count). The maximum Gasteiger partial charge on any atom is 0.226 e. The topological polar surface area (TPSA) is 60.1 Å². The Kier molecular flexibility index (Phi) is 6.38. The number of aryl methyl sites for hydroxylation is 2. The van der Waals surface area contributed by atoms with Gasteiger partial charge in [0.15, 0.2) is 12.4 Å². The number of fused-ring (bicyclic) bond motifs is 2. The van der Waals surface area contributed by atoms with Gasteiger partial charge in [-0.25, -0.2) is 0 Å². The van der Waals surface area contributed by atoms with Crippen molar-refractivity contribution in [2.45, 2.75) is 44.4 Å². The van der Waals surface area contributed by atoms with Crippen molar-refractivity contribution < 1.29 is 9.52 Å². The highest BCUT2D eigenvalue weighted by Gasteiger charge is 2.44. The van der Waals surface area contributed by atoms with Gasteiger partial charge in [-0.15, -0.1) is 0 Å². The maximum atomic E-state index is 13.0. The number of hydrogen-bond donors (Lipinski definition) is 0. The summed E-state index contributed by atoms with van der Waals surface area (Å²) in [4.78, 5) is 19.9. The molecule has 1 saturated heterocycles. The van der Waals surface area contributed by atoms with E-state index in [9.17, 15) is 10.0 Å². The van der Waals surface area contributed by atoms with Gasteiger partial charge in [0.1, 0.15) is 0 Å². The third kappa shape index (κ3) is 4.34. The van der Waals surface area contributed by atoms with Crippen LogP contribution in [0.25, 0.3) is 0 Å². The second kappa shape index (κ2) is 9.31. The van der Waals surface area contributed by atoms with Gasteiger partial charge in [-0.2, -0.15) is 4.73 Å². The first kappa shape index (κ1) is 23.3. The molecule has 0 saturated carbocycles. The standard InChI is InChI=1S/C27H27BrClN3O2/c1-27(21-8-10-31(11-9-21)25(33)14-18-6-12-32(34)13-7-18)24-5-4-23(29)16-19(24)2-3-20-15-22(28)17-30-26(20)27/h4-7,12-13,15-17,21H,2-3,8-11,14H2,1H3/t27-/m0/s1. The molecule has 1 aliphatic carbocycles. The zero-order valence-corrected chi connectivity index (χ0v) is 21.5. The first-order chi connectivity index (χ1) is 16.3. The Morgan fingerprint density at radius 1 is 1.18 bits per heavy atom. The predicted molar refractivity (Wildman–Crippen MR) is 136 cm³/mol. The van der Waals surface area contributed by atoms with Crippen LogP contribution in [0.5, 0.6) is 0 Å². The van der Waals surface area contributed by atoms with Crippen LogP contribution in [0.3, 0.4) is 0 Å². The number of likely N-dealkylation sites (tertiary alicyclic amines) is 1. The fourth-order valence-corrected chi connectivity index (χ4v) is 6.35. The minimum absolute atomic E-state index is 0.114. The van der Waals surface area contributed by atoms with Crippen molar-refractivity contribution in [3.8, 4) is 0 Å². The number of carbonyl (C=O) groups excluding carboxylic acids is 1. The van der Waals surface area contributed by atoms with Crippen molar-refractivity contribution in [3.63, 3.8) is 0 Å². The number of carbonyl (C=O) groups is 1. The molecule has 176 valence electrons. The summed E-state index contributed by atoms with van der Waals surface area (Å²) in [6.07, 6.45) is 8.80. The van der Waals surface area contributed by atoms with Crippen LogP contribution < -0.4 is 4.73 Å². The van der Waals surface area contributed by atoms with Crippen molar-refractivity contribution >= 4 is 33.4 Å². The number of nitrogens with zero attached hydrogens (tertiary/aromatic N) is 3. The molecule has 0 N–H and O–H groups in total. The molecule has 7 heteroatoms. The van der Waals surface area contributed by atoms with E-state index in [1.54, 1.807) is 12.1 Å². The van der Waals surface area contributed by atoms with E-state index in [1.807, 2.05) is 17.2 Å². The molecule has 3 heterocycles. The second-order valence-electron chi connectivity index (χ2n) is 9.56. The fourth-order valence-electron chi connectivity index (χ4n) is 5.78. The number of halogens is 2. The molecule has 0 bridgehead atoms. The van der Waals surface area contributed by atoms with E-state index in [-0.39, 0.29) is 11.3 Å². The summed E-state index contributed by atoms with van der Waals surface area (Å²) in [5.74, 6) is 0.473. The summed E-state index contributed by atoms with van der Waals surface area (Å²) in [6, 6.07) is 11.9. The van der Waals surface area contributed by atoms with Crippen molar-refractivity contribution in [2.75, 3.05) is 13.1 Å². The summed E-state index contributed by atoms with van der Waals surface area (Å²) in [6.45, 7) is 3.78. The van der Waals surface area contributed by atoms with Crippen LogP contribution in [0.1, 0.15) is 47.7 Å². The lowest BCUT2D eigenvalue weighted by atomic mass is 9.64. The lowest BCUT2D eigenvalue weighted by molar-refractivity contribution is -0.605. The average molecular weight is 541 g/mol. The van der Waals surface area contributed by atoms with E-state index in [2.05, 4.69) is 41.1 Å². The first-order valence-electron chi connectivity index (χ1n) is 11.7. The highest BCUT2D eigenvalue weighted by molar-refractivity contribution is 9.10. The minimum Gasteiger partial charge on any atom is -0.619 e. The first-order valence-corrected chi connectivity index (χ1v) is 12.9. The van der Waals surface area contributed by atoms with E-state index < -0.39 is 0 Å². The Bertz CT molecular complexity index is 1170. The zero-order valence-electron chi connectivity index (χ0n) is 19.1. The van der Waals surface area contributed by atoms with Crippen molar-refractivity contribution in [1.82, 2.24) is 9.88 Å². The number of pyridine rings is 2. The van der Waals surface area contributed by atoms with Crippen LogP contribution in [0.2, 0.25) is 5.02 Å². The third-order valence-electron chi connectivity index (χ3n) is 7.61. The number of amides is 1. The Hall–Kier alpha value is -2.44. The number of hydrogen-bond acceptors (Lipinski definition) is 3. The average Bonchev–Trinajstić information content (AvgIpc) is 2.95. The van der Waals surface area contributed by atoms with E-state index in [4.69, 9.17) is 16.6 Å². The molecule has 2 aliphatic rings. The lowest BCUT2D eigenvalue weighted by Crippen LogP contribution is -2.45. The molecule has 1 amide bonds. The van der Waals surface area contributed by atoms with Crippen LogP contribution in [0.4, 0.5) is 0 Å². The monoisotopic (exact) mass is 539 g/mol. The molecule has 1 atom stereocenters. The molecule has 1 fully saturated rings. The van der Waals surface area contributed by atoms with Gasteiger partial charge in [0.25, 0.3) is 0 Å². The van der Waals surface area contributed by atoms with Crippen LogP contribution in [-0.2, 0) is 29.5 Å². The van der Waals surface area contributed by atoms with Crippen LogP contribution in [0.15, 0.2) is 59.5 Å². The lowest BCUT2D eigenvalue weighted by Gasteiger charge is -2.43. The molecular weight excluding hydrogens is 514 g/mol. The Morgan fingerprint density at radius 2 is 1.88 bits per heavy atom. The van der Waals surface area contributed by atoms with E-state index >= 15 is 0 Å². The highest BCUT2D eigenvalue weighted by Crippen LogP contribution is 2.48. The molecule has 34 heavy (non-hydrogen) atoms. The largest absolute Gasteiger partial charge is 0.619 e. The summed E-state index contributed by atoms with van der Waals surface area (Å²) in [7, 11) is 0. The quantitative estimate of drug-likeness (QED) is 0.346. The van der Waals surface area contributed by atoms with Crippen LogP contribution in [0, 0.1) is 11.1 Å². The second-order valence-corrected chi connectivity index (χ2v) is 10.9. The number of rotatable bonds is 3. The number of benzene rings is 1. The SMILES string of the molecule is C[C@]1(C2CCN(C(=O)Cc3cc[n+]([O-])cc3)CC2)c2ccc(Cl)cc2CCc2cc(Br)cnc21. The van der Waals surface area contributed by atoms with Crippen LogP contribution >= 0.6 is 27.5 Å². The predicted octanol–water partition coefficient (Wildman–Crippen LogP) is 5.02. The maximum absolute atomic E-state index is 13.0. The van der Waals surface area contributed by atoms with Gasteiger partial charge in [0.2, 0.25) is 5.91 Å². The van der Waals surface area contributed by atoms with Crippen molar-refractivity contribution in [1.29, 1.82) is 0 Å². The molecule has 1 aromatic carbocycles. The molecule has 2 aromatic heterocycles. The number of aromatic nitrogens is 2. The van der Waals surface area contributed by atoms with Gasteiger partial charge in [-0.05, 0) is 94.9 Å². The molecule has 3 aromatic rings. The van der Waals surface area contributed by atoms with Crippen molar-refractivity contribution in [3.05, 3.63) is 97.6 Å². The van der Waals surface area contributed by atoms with Gasteiger partial charge in [0.05, 0.1) is 12.1 Å². The molecule has 0 radical (unpaired) electrons. The summed E-state index contributed by atoms with van der Waals surface area (Å²) < 4.78 is 1.74. The van der Waals surface area contributed by atoms with Gasteiger partial charge in [-0.1, -0.05) is 17.7 Å². The van der Waals surface area contributed by atoms with Crippen molar-refractivity contribution in [2.24, 2.45) is 5.92 Å². The molecule has 0 spiro atoms. The smallest absolute Gasteiger partial charge is 0.226 e. The fraction of sp³-hybridized carbons (Fsp3) is 0.370. The summed E-state index contributed by atoms with van der Waals surface area (Å²) in [5.41, 5.74) is 5.65. The van der Waals surface area contributed by atoms with Gasteiger partial charge >= 0.3 is 0 Å². The highest BCUT2D eigenvalue weighted by atomic mass is 79.9. The Balaban J connectivity index is 1.41. The molecule has 1 aliphatic heterocycles. The van der Waals surface area contributed by atoms with Gasteiger partial charge in [0, 0.05) is 46.3 Å². The van der Waals surface area contributed by atoms with Gasteiger partial charge in [-0.3, -0.25) is 9.78 Å². The third-order valence-corrected chi connectivity index (χ3v) is 8.28. The van der Waals surface area contributed by atoms with E-state index in [0.29, 0.717) is 12.3 Å². The molecule has 0 unspecified atom stereocenters. The minimum atomic E-state index is -0.247. The van der Waals surface area contributed by atoms with E-state index in [1.165, 1.54) is 29.1 Å². The van der Waals surface area contributed by atoms with E-state index in [0.717, 1.165) is 64.3 Å². The Labute approximate surface area is 213 Å². The summed E-state index contributed by atoms with van der Waals surface area (Å²) >= 11 is 9.99. The number of piperidine rings is 1. The molecular formula is C27H27BrClN3O2. The molecule has 5 nitrogen and oxygen atoms in total. The van der Waals surface area contributed by atoms with Crippen LogP contribution in [-0.4, -0.2) is 28.9 Å². The summed E-state index contributed by atoms with van der Waals surface area (Å²) in [5, 5.41) is 12.0. The normalized spacial score (nSPS) is 20.4. The zero-order chi connectivity index (χ0) is 23.9.